The van der Waals surface area contributed by atoms with Crippen molar-refractivity contribution in [2.24, 2.45) is 0 Å². The van der Waals surface area contributed by atoms with E-state index < -0.39 is 11.9 Å². The van der Waals surface area contributed by atoms with Crippen molar-refractivity contribution in [1.82, 2.24) is 20.2 Å². The van der Waals surface area contributed by atoms with Gasteiger partial charge in [-0.3, -0.25) is 0 Å². The number of piperidine rings is 1. The van der Waals surface area contributed by atoms with E-state index in [0.29, 0.717) is 25.9 Å². The van der Waals surface area contributed by atoms with Gasteiger partial charge in [-0.05, 0) is 18.9 Å². The van der Waals surface area contributed by atoms with Crippen molar-refractivity contribution < 1.29 is 22.7 Å². The third-order valence-electron chi connectivity index (χ3n) is 4.61. The average Bonchev–Trinajstić information content (AvgIpc) is 3.08. The van der Waals surface area contributed by atoms with Crippen LogP contribution < -0.4 is 10.1 Å². The van der Waals surface area contributed by atoms with E-state index in [4.69, 9.17) is 4.74 Å². The fraction of sp³-hybridized carbons (Fsp3) is 0.688. The maximum absolute atomic E-state index is 12.7. The predicted molar refractivity (Wildman–Crippen MR) is 83.0 cm³/mol. The molecule has 0 atom stereocenters. The van der Waals surface area contributed by atoms with Crippen molar-refractivity contribution in [2.45, 2.75) is 56.8 Å². The van der Waals surface area contributed by atoms with Gasteiger partial charge in [-0.2, -0.15) is 18.2 Å². The maximum atomic E-state index is 12.7. The zero-order chi connectivity index (χ0) is 17.9. The van der Waals surface area contributed by atoms with E-state index in [1.54, 1.807) is 4.90 Å². The van der Waals surface area contributed by atoms with Gasteiger partial charge >= 0.3 is 18.2 Å². The summed E-state index contributed by atoms with van der Waals surface area (Å²) in [4.78, 5) is 21.1. The van der Waals surface area contributed by atoms with Gasteiger partial charge in [0.05, 0.1) is 0 Å². The first-order valence-electron chi connectivity index (χ1n) is 8.54. The van der Waals surface area contributed by atoms with Gasteiger partial charge in [-0.15, -0.1) is 0 Å². The van der Waals surface area contributed by atoms with Crippen LogP contribution in [0.1, 0.15) is 44.2 Å². The molecule has 25 heavy (non-hydrogen) atoms. The molecule has 1 saturated carbocycles. The molecule has 0 spiro atoms. The summed E-state index contributed by atoms with van der Waals surface area (Å²) in [6.07, 6.45) is 1.65. The Balaban J connectivity index is 1.48. The standard InChI is InChI=1S/C16H21F3N4O2/c17-16(18,19)13-5-8-20-14(22-13)25-12-6-9-23(10-7-12)15(24)21-11-3-1-2-4-11/h5,8,11-12H,1-4,6-7,9-10H2,(H,21,24). The summed E-state index contributed by atoms with van der Waals surface area (Å²) in [5.74, 6) is 0. The fourth-order valence-corrected chi connectivity index (χ4v) is 3.22. The molecular weight excluding hydrogens is 337 g/mol. The molecule has 3 rings (SSSR count). The van der Waals surface area contributed by atoms with Crippen LogP contribution in [0.5, 0.6) is 6.01 Å². The number of rotatable bonds is 3. The number of aromatic nitrogens is 2. The Morgan fingerprint density at radius 3 is 2.52 bits per heavy atom. The van der Waals surface area contributed by atoms with E-state index in [0.717, 1.165) is 37.9 Å². The van der Waals surface area contributed by atoms with Crippen molar-refractivity contribution in [3.8, 4) is 6.01 Å². The monoisotopic (exact) mass is 358 g/mol. The molecule has 1 saturated heterocycles. The number of nitrogens with one attached hydrogen (secondary N) is 1. The normalized spacial score (nSPS) is 19.9. The minimum absolute atomic E-state index is 0.0688. The third kappa shape index (κ3) is 4.73. The van der Waals surface area contributed by atoms with Crippen LogP contribution >= 0.6 is 0 Å². The lowest BCUT2D eigenvalue weighted by Crippen LogP contribution is -2.48. The summed E-state index contributed by atoms with van der Waals surface area (Å²) in [6, 6.07) is 0.729. The molecule has 1 aliphatic carbocycles. The molecule has 0 unspecified atom stereocenters. The van der Waals surface area contributed by atoms with E-state index in [1.165, 1.54) is 0 Å². The molecule has 1 N–H and O–H groups in total. The highest BCUT2D eigenvalue weighted by molar-refractivity contribution is 5.74. The summed E-state index contributed by atoms with van der Waals surface area (Å²) < 4.78 is 43.4. The van der Waals surface area contributed by atoms with Crippen LogP contribution in [0.3, 0.4) is 0 Å². The molecule has 2 aliphatic rings. The molecule has 0 aromatic carbocycles. The second-order valence-corrected chi connectivity index (χ2v) is 6.46. The highest BCUT2D eigenvalue weighted by Gasteiger charge is 2.33. The second-order valence-electron chi connectivity index (χ2n) is 6.46. The van der Waals surface area contributed by atoms with Gasteiger partial charge in [-0.1, -0.05) is 12.8 Å². The number of likely N-dealkylation sites (tertiary alicyclic amines) is 1. The summed E-state index contributed by atoms with van der Waals surface area (Å²) in [5, 5.41) is 3.03. The summed E-state index contributed by atoms with van der Waals surface area (Å²) in [5.41, 5.74) is -1.02. The first kappa shape index (κ1) is 17.8. The van der Waals surface area contributed by atoms with Crippen LogP contribution in [0.25, 0.3) is 0 Å². The summed E-state index contributed by atoms with van der Waals surface area (Å²) >= 11 is 0. The van der Waals surface area contributed by atoms with E-state index in [1.807, 2.05) is 0 Å². The van der Waals surface area contributed by atoms with Gasteiger partial charge in [0.15, 0.2) is 5.69 Å². The molecular formula is C16H21F3N4O2. The lowest BCUT2D eigenvalue weighted by atomic mass is 10.1. The van der Waals surface area contributed by atoms with Crippen molar-refractivity contribution in [3.05, 3.63) is 18.0 Å². The van der Waals surface area contributed by atoms with E-state index >= 15 is 0 Å². The highest BCUT2D eigenvalue weighted by atomic mass is 19.4. The summed E-state index contributed by atoms with van der Waals surface area (Å²) in [6.45, 7) is 1.00. The SMILES string of the molecule is O=C(NC1CCCC1)N1CCC(Oc2nccc(C(F)(F)F)n2)CC1. The second kappa shape index (κ2) is 7.45. The number of alkyl halides is 3. The van der Waals surface area contributed by atoms with E-state index in [2.05, 4.69) is 15.3 Å². The Hall–Kier alpha value is -2.06. The zero-order valence-electron chi connectivity index (χ0n) is 13.8. The number of halogens is 3. The molecule has 2 amide bonds. The Morgan fingerprint density at radius 1 is 1.20 bits per heavy atom. The molecule has 138 valence electrons. The van der Waals surface area contributed by atoms with Crippen LogP contribution in [0.2, 0.25) is 0 Å². The molecule has 2 heterocycles. The van der Waals surface area contributed by atoms with E-state index in [9.17, 15) is 18.0 Å². The third-order valence-corrected chi connectivity index (χ3v) is 4.61. The molecule has 1 aromatic rings. The van der Waals surface area contributed by atoms with Gasteiger partial charge in [0.25, 0.3) is 0 Å². The number of carbonyl (C=O) groups is 1. The average molecular weight is 358 g/mol. The quantitative estimate of drug-likeness (QED) is 0.902. The number of carbonyl (C=O) groups excluding carboxylic acids is 1. The first-order chi connectivity index (χ1) is 11.9. The minimum atomic E-state index is -4.53. The van der Waals surface area contributed by atoms with E-state index in [-0.39, 0.29) is 24.2 Å². The van der Waals surface area contributed by atoms with Gasteiger partial charge in [0.1, 0.15) is 6.10 Å². The number of hydrogen-bond acceptors (Lipinski definition) is 4. The Bertz CT molecular complexity index is 597. The Labute approximate surface area is 143 Å². The zero-order valence-corrected chi connectivity index (χ0v) is 13.8. The molecule has 2 fully saturated rings. The van der Waals surface area contributed by atoms with Gasteiger partial charge in [0.2, 0.25) is 0 Å². The van der Waals surface area contributed by atoms with Crippen LogP contribution in [0.4, 0.5) is 18.0 Å². The molecule has 6 nitrogen and oxygen atoms in total. The van der Waals surface area contributed by atoms with Crippen LogP contribution in [-0.4, -0.2) is 46.1 Å². The van der Waals surface area contributed by atoms with Crippen molar-refractivity contribution >= 4 is 6.03 Å². The topological polar surface area (TPSA) is 67.4 Å². The van der Waals surface area contributed by atoms with Crippen LogP contribution in [0, 0.1) is 0 Å². The molecule has 1 aromatic heterocycles. The van der Waals surface area contributed by atoms with Crippen molar-refractivity contribution in [3.63, 3.8) is 0 Å². The number of ether oxygens (including phenoxy) is 1. The molecule has 9 heteroatoms. The largest absolute Gasteiger partial charge is 0.460 e. The van der Waals surface area contributed by atoms with Gasteiger partial charge in [0, 0.05) is 38.2 Å². The fourth-order valence-electron chi connectivity index (χ4n) is 3.22. The highest BCUT2D eigenvalue weighted by Crippen LogP contribution is 2.28. The molecule has 1 aliphatic heterocycles. The van der Waals surface area contributed by atoms with Gasteiger partial charge in [-0.25, -0.2) is 9.78 Å². The predicted octanol–water partition coefficient (Wildman–Crippen LogP) is 2.99. The Morgan fingerprint density at radius 2 is 1.88 bits per heavy atom. The maximum Gasteiger partial charge on any atom is 0.433 e. The molecule has 0 bridgehead atoms. The molecule has 0 radical (unpaired) electrons. The van der Waals surface area contributed by atoms with Gasteiger partial charge < -0.3 is 15.0 Å². The number of hydrogen-bond donors (Lipinski definition) is 1. The minimum Gasteiger partial charge on any atom is -0.460 e. The smallest absolute Gasteiger partial charge is 0.433 e. The first-order valence-corrected chi connectivity index (χ1v) is 8.54. The number of nitrogens with zero attached hydrogens (tertiary/aromatic N) is 3. The lowest BCUT2D eigenvalue weighted by Gasteiger charge is -2.32. The van der Waals surface area contributed by atoms with Crippen LogP contribution in [0.15, 0.2) is 12.3 Å². The van der Waals surface area contributed by atoms with Crippen LogP contribution in [-0.2, 0) is 6.18 Å². The summed E-state index contributed by atoms with van der Waals surface area (Å²) in [7, 11) is 0. The Kier molecular flexibility index (Phi) is 5.29. The number of amides is 2. The number of urea groups is 1. The van der Waals surface area contributed by atoms with Crippen molar-refractivity contribution in [2.75, 3.05) is 13.1 Å². The lowest BCUT2D eigenvalue weighted by molar-refractivity contribution is -0.141. The van der Waals surface area contributed by atoms with Crippen molar-refractivity contribution in [1.29, 1.82) is 0 Å².